The minimum Gasteiger partial charge on any atom is -0.489 e. The molecule has 1 aromatic carbocycles. The molecule has 0 amide bonds. The van der Waals surface area contributed by atoms with Crippen LogP contribution in [0.5, 0.6) is 5.75 Å². The lowest BCUT2D eigenvalue weighted by atomic mass is 10.0. The minimum atomic E-state index is -0.238. The highest BCUT2D eigenvalue weighted by atomic mass is 16.5. The van der Waals surface area contributed by atoms with Crippen LogP contribution in [-0.2, 0) is 0 Å². The van der Waals surface area contributed by atoms with Crippen LogP contribution >= 0.6 is 0 Å². The fraction of sp³-hybridized carbons (Fsp3) is 0.562. The number of fused-ring (bicyclic) bond motifs is 4. The average Bonchev–Trinajstić information content (AvgIpc) is 3.64. The second-order valence-electron chi connectivity index (χ2n) is 12.9. The fourth-order valence-electron chi connectivity index (χ4n) is 7.70. The smallest absolute Gasteiger partial charge is 0.263 e. The highest BCUT2D eigenvalue weighted by molar-refractivity contribution is 5.99. The number of anilines is 3. The topological polar surface area (TPSA) is 95.8 Å². The van der Waals surface area contributed by atoms with E-state index in [1.807, 2.05) is 13.0 Å². The van der Waals surface area contributed by atoms with E-state index in [-0.39, 0.29) is 22.9 Å². The number of carbonyl (C=O) groups excluding carboxylic acids is 1. The van der Waals surface area contributed by atoms with E-state index < -0.39 is 0 Å². The maximum absolute atomic E-state index is 13.5. The number of rotatable bonds is 6. The maximum Gasteiger partial charge on any atom is 0.263 e. The molecule has 2 aliphatic carbocycles. The predicted octanol–water partition coefficient (Wildman–Crippen LogP) is 3.89. The lowest BCUT2D eigenvalue weighted by Gasteiger charge is -2.52. The van der Waals surface area contributed by atoms with Gasteiger partial charge < -0.3 is 15.0 Å². The van der Waals surface area contributed by atoms with Crippen molar-refractivity contribution in [3.05, 3.63) is 45.9 Å². The normalized spacial score (nSPS) is 23.4. The number of ether oxygens (including phenoxy) is 1. The van der Waals surface area contributed by atoms with Gasteiger partial charge in [0, 0.05) is 74.2 Å². The summed E-state index contributed by atoms with van der Waals surface area (Å²) in [6.45, 7) is 9.59. The number of aromatic nitrogens is 3. The van der Waals surface area contributed by atoms with E-state index in [0.29, 0.717) is 35.8 Å². The van der Waals surface area contributed by atoms with Crippen LogP contribution < -0.4 is 20.5 Å². The molecule has 3 aromatic rings. The Morgan fingerprint density at radius 2 is 1.76 bits per heavy atom. The summed E-state index contributed by atoms with van der Waals surface area (Å²) in [4.78, 5) is 43.2. The van der Waals surface area contributed by atoms with Crippen LogP contribution in [0.3, 0.4) is 0 Å². The van der Waals surface area contributed by atoms with Gasteiger partial charge in [-0.05, 0) is 57.2 Å². The van der Waals surface area contributed by atoms with Gasteiger partial charge in [-0.15, -0.1) is 0 Å². The van der Waals surface area contributed by atoms with E-state index in [0.717, 1.165) is 73.9 Å². The van der Waals surface area contributed by atoms with Gasteiger partial charge in [-0.25, -0.2) is 4.98 Å². The Labute approximate surface area is 245 Å². The molecule has 2 aromatic heterocycles. The highest BCUT2D eigenvalue weighted by Gasteiger charge is 2.43. The van der Waals surface area contributed by atoms with Crippen LogP contribution in [0.1, 0.15) is 67.4 Å². The quantitative estimate of drug-likeness (QED) is 0.444. The summed E-state index contributed by atoms with van der Waals surface area (Å²) in [6, 6.07) is 8.21. The van der Waals surface area contributed by atoms with Gasteiger partial charge in [0.1, 0.15) is 18.0 Å². The number of carbonyl (C=O) groups is 1. The Morgan fingerprint density at radius 1 is 0.976 bits per heavy atom. The molecule has 8 rings (SSSR count). The zero-order valence-electron chi connectivity index (χ0n) is 24.5. The number of nitrogens with zero attached hydrogens (tertiary/aromatic N) is 6. The van der Waals surface area contributed by atoms with Gasteiger partial charge >= 0.3 is 0 Å². The van der Waals surface area contributed by atoms with Crippen LogP contribution in [-0.4, -0.2) is 87.6 Å². The molecular weight excluding hydrogens is 530 g/mol. The number of hydrogen-bond acceptors (Lipinski definition) is 9. The first-order chi connectivity index (χ1) is 20.4. The number of ketones is 1. The van der Waals surface area contributed by atoms with Gasteiger partial charge in [-0.3, -0.25) is 24.0 Å². The van der Waals surface area contributed by atoms with E-state index in [1.165, 1.54) is 32.9 Å². The summed E-state index contributed by atoms with van der Waals surface area (Å²) in [5.74, 6) is 1.08. The van der Waals surface area contributed by atoms with E-state index in [9.17, 15) is 9.59 Å². The van der Waals surface area contributed by atoms with Crippen molar-refractivity contribution in [1.82, 2.24) is 24.3 Å². The van der Waals surface area contributed by atoms with Crippen LogP contribution in [0.25, 0.3) is 11.0 Å². The van der Waals surface area contributed by atoms with Crippen LogP contribution in [0.15, 0.2) is 29.2 Å². The second-order valence-corrected chi connectivity index (χ2v) is 12.9. The lowest BCUT2D eigenvalue weighted by molar-refractivity contribution is 0.0128. The number of piperazine rings is 1. The first kappa shape index (κ1) is 26.2. The Kier molecular flexibility index (Phi) is 6.26. The summed E-state index contributed by atoms with van der Waals surface area (Å²) >= 11 is 0. The first-order valence-electron chi connectivity index (χ1n) is 15.7. The Morgan fingerprint density at radius 3 is 2.52 bits per heavy atom. The van der Waals surface area contributed by atoms with Crippen molar-refractivity contribution in [1.29, 1.82) is 0 Å². The average molecular weight is 570 g/mol. The number of hydrogen-bond donors (Lipinski definition) is 1. The molecule has 4 fully saturated rings. The largest absolute Gasteiger partial charge is 0.489 e. The third-order valence-electron chi connectivity index (χ3n) is 10.2. The molecule has 0 unspecified atom stereocenters. The monoisotopic (exact) mass is 569 g/mol. The number of nitrogens with one attached hydrogen (secondary N) is 1. The molecule has 5 heterocycles. The zero-order valence-corrected chi connectivity index (χ0v) is 24.5. The molecule has 0 radical (unpaired) electrons. The Hall–Kier alpha value is -3.50. The molecule has 42 heavy (non-hydrogen) atoms. The molecule has 2 saturated heterocycles. The number of benzene rings is 1. The minimum absolute atomic E-state index is 0.0495. The van der Waals surface area contributed by atoms with Crippen LogP contribution in [0.2, 0.25) is 0 Å². The zero-order chi connectivity index (χ0) is 28.5. The van der Waals surface area contributed by atoms with E-state index in [2.05, 4.69) is 37.1 Å². The first-order valence-corrected chi connectivity index (χ1v) is 15.7. The number of aryl methyl sites for hydroxylation is 1. The Balaban J connectivity index is 1.03. The molecule has 10 nitrogen and oxygen atoms in total. The molecule has 2 saturated carbocycles. The van der Waals surface area contributed by atoms with Crippen LogP contribution in [0.4, 0.5) is 17.3 Å². The molecule has 3 aliphatic heterocycles. The van der Waals surface area contributed by atoms with Crippen molar-refractivity contribution in [2.24, 2.45) is 0 Å². The van der Waals surface area contributed by atoms with Gasteiger partial charge in [0.05, 0.1) is 17.3 Å². The number of Topliss-reactive ketones (excluding diaryl/α,β-unsaturated/α-hetero) is 1. The predicted molar refractivity (Wildman–Crippen MR) is 162 cm³/mol. The van der Waals surface area contributed by atoms with Crippen molar-refractivity contribution in [3.8, 4) is 5.75 Å². The summed E-state index contributed by atoms with van der Waals surface area (Å²) in [7, 11) is 0. The van der Waals surface area contributed by atoms with E-state index >= 15 is 0 Å². The van der Waals surface area contributed by atoms with E-state index in [1.54, 1.807) is 10.8 Å². The molecule has 220 valence electrons. The fourth-order valence-corrected chi connectivity index (χ4v) is 7.70. The van der Waals surface area contributed by atoms with Gasteiger partial charge in [0.25, 0.3) is 5.56 Å². The number of likely N-dealkylation sites (tertiary alicyclic amines) is 1. The third kappa shape index (κ3) is 4.38. The second kappa shape index (κ2) is 10.1. The third-order valence-corrected chi connectivity index (χ3v) is 10.2. The molecule has 1 N–H and O–H groups in total. The highest BCUT2D eigenvalue weighted by Crippen LogP contribution is 2.39. The summed E-state index contributed by atoms with van der Waals surface area (Å²) in [5, 5.41) is 4.10. The van der Waals surface area contributed by atoms with Crippen LogP contribution in [0, 0.1) is 6.92 Å². The van der Waals surface area contributed by atoms with Crippen molar-refractivity contribution < 1.29 is 9.53 Å². The van der Waals surface area contributed by atoms with Crippen molar-refractivity contribution in [2.45, 2.75) is 76.5 Å². The molecule has 0 spiro atoms. The van der Waals surface area contributed by atoms with E-state index in [4.69, 9.17) is 9.72 Å². The Bertz CT molecular complexity index is 1620. The summed E-state index contributed by atoms with van der Waals surface area (Å²) < 4.78 is 8.06. The van der Waals surface area contributed by atoms with Gasteiger partial charge in [-0.1, -0.05) is 12.8 Å². The van der Waals surface area contributed by atoms with Crippen molar-refractivity contribution in [2.75, 3.05) is 49.5 Å². The molecular formula is C32H39N7O3. The van der Waals surface area contributed by atoms with Gasteiger partial charge in [0.15, 0.2) is 5.78 Å². The number of pyridine rings is 1. The van der Waals surface area contributed by atoms with Gasteiger partial charge in [-0.2, -0.15) is 4.98 Å². The van der Waals surface area contributed by atoms with Crippen molar-refractivity contribution in [3.63, 3.8) is 0 Å². The SMILES string of the molecule is CC(=O)c1c(C)c2cnc(Nc3ccc4c(c3)OC[C@H]3CN(C5CN(C6CC6)C5)CCN43)nc2n(C2CCCC2)c1=O. The van der Waals surface area contributed by atoms with Crippen molar-refractivity contribution >= 4 is 34.1 Å². The summed E-state index contributed by atoms with van der Waals surface area (Å²) in [6.07, 6.45) is 8.49. The summed E-state index contributed by atoms with van der Waals surface area (Å²) in [5.41, 5.74) is 3.24. The molecule has 5 aliphatic rings. The molecule has 10 heteroatoms. The lowest BCUT2D eigenvalue weighted by Crippen LogP contribution is -2.66. The maximum atomic E-state index is 13.5. The standard InChI is InChI=1S/C32H39N7O3/c1-19-26-14-33-32(35-30(26)39(23-5-3-4-6-23)31(41)29(19)20(2)40)34-21-7-10-27-28(13-21)42-18-25-17-36(11-12-38(25)27)24-15-37(16-24)22-8-9-22/h7,10,13-14,22-25H,3-6,8-9,11-12,15-18H2,1-2H3,(H,33,34,35)/t25-/m1/s1. The van der Waals surface area contributed by atoms with Gasteiger partial charge in [0.2, 0.25) is 5.95 Å². The molecule has 0 bridgehead atoms. The molecule has 1 atom stereocenters.